The van der Waals surface area contributed by atoms with Gasteiger partial charge in [-0.15, -0.1) is 0 Å². The average molecular weight is 629 g/mol. The smallest absolute Gasteiger partial charge is 0.245 e. The monoisotopic (exact) mass is 627 g/mol. The minimum atomic E-state index is -4.12. The normalized spacial score (nSPS) is 11.7. The van der Waals surface area contributed by atoms with Gasteiger partial charge in [0.05, 0.1) is 25.2 Å². The lowest BCUT2D eigenvalue weighted by Crippen LogP contribution is -2.44. The Kier molecular flexibility index (Phi) is 10.7. The van der Waals surface area contributed by atoms with Crippen LogP contribution in [0.5, 0.6) is 5.75 Å². The molecule has 222 valence electrons. The van der Waals surface area contributed by atoms with Gasteiger partial charge in [0.1, 0.15) is 10.6 Å². The number of carbonyl (C=O) groups excluding carboxylic acids is 1. The second-order valence-corrected chi connectivity index (χ2v) is 13.2. The van der Waals surface area contributed by atoms with E-state index in [0.29, 0.717) is 13.1 Å². The molecule has 1 aromatic heterocycles. The molecular formula is C32H35Cl2N3O4S. The van der Waals surface area contributed by atoms with Crippen molar-refractivity contribution in [3.8, 4) is 5.75 Å². The predicted octanol–water partition coefficient (Wildman–Crippen LogP) is 6.73. The summed E-state index contributed by atoms with van der Waals surface area (Å²) < 4.78 is 36.2. The fourth-order valence-corrected chi connectivity index (χ4v) is 6.96. The number of amides is 1. The van der Waals surface area contributed by atoms with Crippen LogP contribution >= 0.6 is 23.2 Å². The van der Waals surface area contributed by atoms with Gasteiger partial charge in [-0.25, -0.2) is 8.42 Å². The van der Waals surface area contributed by atoms with Crippen LogP contribution in [-0.2, 0) is 34.5 Å². The van der Waals surface area contributed by atoms with Crippen LogP contribution in [0.15, 0.2) is 96.0 Å². The van der Waals surface area contributed by atoms with Gasteiger partial charge in [0.2, 0.25) is 15.9 Å². The highest BCUT2D eigenvalue weighted by Gasteiger charge is 2.31. The number of ether oxygens (including phenoxy) is 1. The molecule has 0 fully saturated rings. The molecule has 42 heavy (non-hydrogen) atoms. The van der Waals surface area contributed by atoms with Gasteiger partial charge >= 0.3 is 0 Å². The van der Waals surface area contributed by atoms with Gasteiger partial charge in [0.25, 0.3) is 0 Å². The predicted molar refractivity (Wildman–Crippen MR) is 167 cm³/mol. The summed E-state index contributed by atoms with van der Waals surface area (Å²) in [5.74, 6) is 0.414. The van der Waals surface area contributed by atoms with Crippen molar-refractivity contribution >= 4 is 39.1 Å². The van der Waals surface area contributed by atoms with E-state index in [-0.39, 0.29) is 46.4 Å². The summed E-state index contributed by atoms with van der Waals surface area (Å²) in [6, 6.07) is 25.7. The van der Waals surface area contributed by atoms with Crippen molar-refractivity contribution in [1.82, 2.24) is 13.8 Å². The first kappa shape index (κ1) is 31.6. The SMILES string of the molecule is COc1cccc(Cn2cccc2CN(Cc2ccccc2)C(=O)CN(CC(C)C)S(=O)(=O)c2cc(Cl)ccc2Cl)c1. The number of rotatable bonds is 13. The molecule has 4 rings (SSSR count). The Bertz CT molecular complexity index is 1610. The van der Waals surface area contributed by atoms with Gasteiger partial charge < -0.3 is 14.2 Å². The summed E-state index contributed by atoms with van der Waals surface area (Å²) in [6.45, 7) is 4.80. The first-order valence-electron chi connectivity index (χ1n) is 13.6. The molecule has 0 bridgehead atoms. The molecule has 0 aliphatic rings. The standard InChI is InChI=1S/C32H35Cl2N3O4S/c1-24(2)19-37(42(39,40)31-18-27(33)14-15-30(31)34)23-32(38)36(20-25-9-5-4-6-10-25)22-28-12-8-16-35(28)21-26-11-7-13-29(17-26)41-3/h4-18,24H,19-23H2,1-3H3. The Balaban J connectivity index is 1.63. The Morgan fingerprint density at radius 3 is 2.36 bits per heavy atom. The lowest BCUT2D eigenvalue weighted by Gasteiger charge is -2.29. The molecule has 0 atom stereocenters. The van der Waals surface area contributed by atoms with E-state index >= 15 is 0 Å². The zero-order chi connectivity index (χ0) is 30.3. The number of nitrogens with zero attached hydrogens (tertiary/aromatic N) is 3. The average Bonchev–Trinajstić information content (AvgIpc) is 3.40. The molecule has 0 radical (unpaired) electrons. The first-order chi connectivity index (χ1) is 20.1. The van der Waals surface area contributed by atoms with E-state index in [1.54, 1.807) is 12.0 Å². The van der Waals surface area contributed by atoms with Crippen molar-refractivity contribution in [2.75, 3.05) is 20.2 Å². The number of hydrogen-bond donors (Lipinski definition) is 0. The van der Waals surface area contributed by atoms with Gasteiger partial charge in [-0.05, 0) is 59.5 Å². The zero-order valence-electron chi connectivity index (χ0n) is 23.9. The summed E-state index contributed by atoms with van der Waals surface area (Å²) in [7, 11) is -2.48. The quantitative estimate of drug-likeness (QED) is 0.165. The molecule has 0 spiro atoms. The van der Waals surface area contributed by atoms with Crippen LogP contribution < -0.4 is 4.74 Å². The molecule has 1 heterocycles. The molecule has 1 amide bonds. The largest absolute Gasteiger partial charge is 0.497 e. The fourth-order valence-electron chi connectivity index (χ4n) is 4.67. The number of carbonyl (C=O) groups is 1. The molecule has 0 aliphatic carbocycles. The van der Waals surface area contributed by atoms with Crippen LogP contribution in [0.3, 0.4) is 0 Å². The summed E-state index contributed by atoms with van der Waals surface area (Å²) in [5.41, 5.74) is 2.91. The Morgan fingerprint density at radius 2 is 1.64 bits per heavy atom. The van der Waals surface area contributed by atoms with Crippen molar-refractivity contribution in [3.05, 3.63) is 118 Å². The van der Waals surface area contributed by atoms with E-state index in [1.807, 2.05) is 86.8 Å². The third kappa shape index (κ3) is 8.16. The molecule has 0 N–H and O–H groups in total. The van der Waals surface area contributed by atoms with Crippen molar-refractivity contribution < 1.29 is 17.9 Å². The number of aromatic nitrogens is 1. The maximum absolute atomic E-state index is 14.0. The topological polar surface area (TPSA) is 71.8 Å². The highest BCUT2D eigenvalue weighted by atomic mass is 35.5. The van der Waals surface area contributed by atoms with E-state index in [2.05, 4.69) is 4.57 Å². The first-order valence-corrected chi connectivity index (χ1v) is 15.8. The van der Waals surface area contributed by atoms with Crippen LogP contribution in [0.25, 0.3) is 0 Å². The summed E-state index contributed by atoms with van der Waals surface area (Å²) in [4.78, 5) is 15.6. The Morgan fingerprint density at radius 1 is 0.905 bits per heavy atom. The Hall–Kier alpha value is -3.30. The highest BCUT2D eigenvalue weighted by Crippen LogP contribution is 2.28. The third-order valence-corrected chi connectivity index (χ3v) is 9.25. The number of sulfonamides is 1. The molecule has 3 aromatic carbocycles. The number of hydrogen-bond acceptors (Lipinski definition) is 4. The maximum atomic E-state index is 14.0. The molecule has 0 aliphatic heterocycles. The van der Waals surface area contributed by atoms with Gasteiger partial charge in [-0.3, -0.25) is 4.79 Å². The number of benzene rings is 3. The molecule has 0 saturated heterocycles. The van der Waals surface area contributed by atoms with Crippen LogP contribution in [0, 0.1) is 5.92 Å². The van der Waals surface area contributed by atoms with E-state index < -0.39 is 10.0 Å². The number of halogens is 2. The molecular weight excluding hydrogens is 593 g/mol. The van der Waals surface area contributed by atoms with E-state index in [4.69, 9.17) is 27.9 Å². The van der Waals surface area contributed by atoms with Crippen molar-refractivity contribution in [1.29, 1.82) is 0 Å². The molecule has 0 unspecified atom stereocenters. The van der Waals surface area contributed by atoms with Crippen molar-refractivity contribution in [3.63, 3.8) is 0 Å². The lowest BCUT2D eigenvalue weighted by molar-refractivity contribution is -0.132. The van der Waals surface area contributed by atoms with E-state index in [0.717, 1.165) is 22.6 Å². The maximum Gasteiger partial charge on any atom is 0.245 e. The second kappa shape index (κ2) is 14.2. The van der Waals surface area contributed by atoms with Crippen LogP contribution in [-0.4, -0.2) is 48.3 Å². The van der Waals surface area contributed by atoms with Gasteiger partial charge in [-0.2, -0.15) is 4.31 Å². The lowest BCUT2D eigenvalue weighted by atomic mass is 10.2. The van der Waals surface area contributed by atoms with Crippen molar-refractivity contribution in [2.45, 2.75) is 38.4 Å². The van der Waals surface area contributed by atoms with Crippen LogP contribution in [0.2, 0.25) is 10.0 Å². The highest BCUT2D eigenvalue weighted by molar-refractivity contribution is 7.89. The summed E-state index contributed by atoms with van der Waals surface area (Å²) in [6.07, 6.45) is 1.97. The van der Waals surface area contributed by atoms with E-state index in [9.17, 15) is 13.2 Å². The molecule has 10 heteroatoms. The zero-order valence-corrected chi connectivity index (χ0v) is 26.2. The Labute approximate surface area is 258 Å². The van der Waals surface area contributed by atoms with E-state index in [1.165, 1.54) is 22.5 Å². The van der Waals surface area contributed by atoms with Crippen LogP contribution in [0.1, 0.15) is 30.7 Å². The minimum absolute atomic E-state index is 0.0341. The molecule has 7 nitrogen and oxygen atoms in total. The summed E-state index contributed by atoms with van der Waals surface area (Å²) in [5, 5.41) is 0.299. The van der Waals surface area contributed by atoms with Gasteiger partial charge in [-0.1, -0.05) is 79.5 Å². The minimum Gasteiger partial charge on any atom is -0.497 e. The number of methoxy groups -OCH3 is 1. The molecule has 4 aromatic rings. The van der Waals surface area contributed by atoms with Crippen LogP contribution in [0.4, 0.5) is 0 Å². The third-order valence-electron chi connectivity index (χ3n) is 6.72. The van der Waals surface area contributed by atoms with Crippen molar-refractivity contribution in [2.24, 2.45) is 5.92 Å². The summed E-state index contributed by atoms with van der Waals surface area (Å²) >= 11 is 12.4. The second-order valence-electron chi connectivity index (χ2n) is 10.5. The van der Waals surface area contributed by atoms with Gasteiger partial charge in [0, 0.05) is 36.5 Å². The van der Waals surface area contributed by atoms with Gasteiger partial charge in [0.15, 0.2) is 0 Å². The fraction of sp³-hybridized carbons (Fsp3) is 0.281. The molecule has 0 saturated carbocycles.